The van der Waals surface area contributed by atoms with Gasteiger partial charge in [-0.25, -0.2) is 8.78 Å². The summed E-state index contributed by atoms with van der Waals surface area (Å²) >= 11 is 0. The monoisotopic (exact) mass is 214 g/mol. The van der Waals surface area contributed by atoms with Crippen molar-refractivity contribution in [1.29, 1.82) is 0 Å². The van der Waals surface area contributed by atoms with Crippen molar-refractivity contribution in [3.05, 3.63) is 23.8 Å². The molecule has 1 aromatic carbocycles. The second-order valence-electron chi connectivity index (χ2n) is 3.69. The van der Waals surface area contributed by atoms with Gasteiger partial charge in [-0.15, -0.1) is 0 Å². The van der Waals surface area contributed by atoms with Gasteiger partial charge in [-0.1, -0.05) is 13.3 Å². The van der Waals surface area contributed by atoms with Gasteiger partial charge < -0.3 is 11.1 Å². The number of anilines is 2. The first-order chi connectivity index (χ1) is 7.04. The van der Waals surface area contributed by atoms with Gasteiger partial charge in [-0.2, -0.15) is 0 Å². The Kier molecular flexibility index (Phi) is 3.88. The summed E-state index contributed by atoms with van der Waals surface area (Å²) in [5.74, 6) is -1.33. The van der Waals surface area contributed by atoms with Crippen molar-refractivity contribution in [1.82, 2.24) is 0 Å². The SMILES string of the molecule is CCCC(C)Nc1cc(N)c(F)cc1F. The van der Waals surface area contributed by atoms with Crippen LogP contribution in [0.15, 0.2) is 12.1 Å². The Hall–Kier alpha value is -1.32. The van der Waals surface area contributed by atoms with E-state index in [2.05, 4.69) is 5.32 Å². The summed E-state index contributed by atoms with van der Waals surface area (Å²) in [6, 6.07) is 2.24. The van der Waals surface area contributed by atoms with Gasteiger partial charge in [0.25, 0.3) is 0 Å². The van der Waals surface area contributed by atoms with Crippen LogP contribution < -0.4 is 11.1 Å². The number of nitrogens with one attached hydrogen (secondary N) is 1. The summed E-state index contributed by atoms with van der Waals surface area (Å²) < 4.78 is 26.1. The van der Waals surface area contributed by atoms with Crippen molar-refractivity contribution < 1.29 is 8.78 Å². The quantitative estimate of drug-likeness (QED) is 0.755. The van der Waals surface area contributed by atoms with Crippen molar-refractivity contribution in [2.24, 2.45) is 0 Å². The second-order valence-corrected chi connectivity index (χ2v) is 3.69. The molecular formula is C11H16F2N2. The van der Waals surface area contributed by atoms with Gasteiger partial charge in [0.1, 0.15) is 11.6 Å². The highest BCUT2D eigenvalue weighted by Gasteiger charge is 2.09. The van der Waals surface area contributed by atoms with Crippen LogP contribution in [0, 0.1) is 11.6 Å². The summed E-state index contributed by atoms with van der Waals surface area (Å²) in [5.41, 5.74) is 5.58. The predicted octanol–water partition coefficient (Wildman–Crippen LogP) is 3.15. The molecule has 0 aromatic heterocycles. The highest BCUT2D eigenvalue weighted by Crippen LogP contribution is 2.22. The van der Waals surface area contributed by atoms with Gasteiger partial charge in [0.05, 0.1) is 11.4 Å². The van der Waals surface area contributed by atoms with Crippen molar-refractivity contribution in [2.45, 2.75) is 32.7 Å². The minimum absolute atomic E-state index is 0.0393. The van der Waals surface area contributed by atoms with Crippen LogP contribution in [-0.2, 0) is 0 Å². The minimum Gasteiger partial charge on any atom is -0.396 e. The van der Waals surface area contributed by atoms with Crippen molar-refractivity contribution in [2.75, 3.05) is 11.1 Å². The topological polar surface area (TPSA) is 38.0 Å². The molecule has 0 bridgehead atoms. The number of hydrogen-bond donors (Lipinski definition) is 2. The molecule has 0 aliphatic heterocycles. The molecule has 1 unspecified atom stereocenters. The molecule has 0 saturated heterocycles. The Morgan fingerprint density at radius 2 is 2.00 bits per heavy atom. The number of hydrogen-bond acceptors (Lipinski definition) is 2. The Balaban J connectivity index is 2.81. The standard InChI is InChI=1S/C11H16F2N2/c1-3-4-7(2)15-11-6-10(14)8(12)5-9(11)13/h5-7,15H,3-4,14H2,1-2H3. The molecule has 0 fully saturated rings. The molecule has 15 heavy (non-hydrogen) atoms. The third kappa shape index (κ3) is 3.08. The van der Waals surface area contributed by atoms with Gasteiger partial charge in [-0.05, 0) is 19.4 Å². The summed E-state index contributed by atoms with van der Waals surface area (Å²) in [6.07, 6.45) is 1.93. The fourth-order valence-electron chi connectivity index (χ4n) is 1.45. The Bertz CT molecular complexity index is 340. The number of halogens is 2. The molecule has 0 aliphatic rings. The van der Waals surface area contributed by atoms with Crippen molar-refractivity contribution >= 4 is 11.4 Å². The van der Waals surface area contributed by atoms with Gasteiger partial charge in [-0.3, -0.25) is 0 Å². The van der Waals surface area contributed by atoms with E-state index in [0.29, 0.717) is 0 Å². The molecule has 0 saturated carbocycles. The summed E-state index contributed by atoms with van der Waals surface area (Å²) in [4.78, 5) is 0. The average molecular weight is 214 g/mol. The van der Waals surface area contributed by atoms with E-state index in [0.717, 1.165) is 18.9 Å². The molecule has 0 aliphatic carbocycles. The largest absolute Gasteiger partial charge is 0.396 e. The molecule has 3 N–H and O–H groups in total. The zero-order valence-corrected chi connectivity index (χ0v) is 8.98. The van der Waals surface area contributed by atoms with E-state index in [4.69, 9.17) is 5.73 Å². The molecule has 0 spiro atoms. The van der Waals surface area contributed by atoms with Crippen LogP contribution in [0.2, 0.25) is 0 Å². The highest BCUT2D eigenvalue weighted by atomic mass is 19.1. The molecule has 0 radical (unpaired) electrons. The molecule has 84 valence electrons. The lowest BCUT2D eigenvalue weighted by Gasteiger charge is -2.15. The van der Waals surface area contributed by atoms with Crippen LogP contribution in [-0.4, -0.2) is 6.04 Å². The maximum absolute atomic E-state index is 13.3. The predicted molar refractivity (Wildman–Crippen MR) is 58.8 cm³/mol. The van der Waals surface area contributed by atoms with Gasteiger partial charge in [0, 0.05) is 12.1 Å². The van der Waals surface area contributed by atoms with Crippen molar-refractivity contribution in [3.8, 4) is 0 Å². The first-order valence-electron chi connectivity index (χ1n) is 5.05. The first-order valence-corrected chi connectivity index (χ1v) is 5.05. The first kappa shape index (κ1) is 11.8. The van der Waals surface area contributed by atoms with Crippen LogP contribution in [0.5, 0.6) is 0 Å². The second kappa shape index (κ2) is 4.96. The van der Waals surface area contributed by atoms with E-state index in [1.54, 1.807) is 0 Å². The maximum Gasteiger partial charge on any atom is 0.149 e. The van der Waals surface area contributed by atoms with E-state index < -0.39 is 11.6 Å². The van der Waals surface area contributed by atoms with E-state index >= 15 is 0 Å². The fraction of sp³-hybridized carbons (Fsp3) is 0.455. The molecule has 1 aromatic rings. The summed E-state index contributed by atoms with van der Waals surface area (Å²) in [5, 5.41) is 2.96. The molecule has 2 nitrogen and oxygen atoms in total. The Morgan fingerprint density at radius 1 is 1.33 bits per heavy atom. The van der Waals surface area contributed by atoms with Gasteiger partial charge in [0.15, 0.2) is 0 Å². The molecule has 4 heteroatoms. The van der Waals surface area contributed by atoms with E-state index in [1.165, 1.54) is 6.07 Å². The smallest absolute Gasteiger partial charge is 0.149 e. The third-order valence-corrected chi connectivity index (χ3v) is 2.21. The number of benzene rings is 1. The summed E-state index contributed by atoms with van der Waals surface area (Å²) in [7, 11) is 0. The van der Waals surface area contributed by atoms with E-state index in [1.807, 2.05) is 13.8 Å². The zero-order chi connectivity index (χ0) is 11.4. The fourth-order valence-corrected chi connectivity index (χ4v) is 1.45. The minimum atomic E-state index is -0.721. The maximum atomic E-state index is 13.3. The number of nitrogens with two attached hydrogens (primary N) is 1. The van der Waals surface area contributed by atoms with E-state index in [9.17, 15) is 8.78 Å². The van der Waals surface area contributed by atoms with Crippen LogP contribution in [0.4, 0.5) is 20.2 Å². The Morgan fingerprint density at radius 3 is 2.60 bits per heavy atom. The molecule has 1 atom stereocenters. The third-order valence-electron chi connectivity index (χ3n) is 2.21. The van der Waals surface area contributed by atoms with Crippen LogP contribution in [0.3, 0.4) is 0 Å². The summed E-state index contributed by atoms with van der Waals surface area (Å²) in [6.45, 7) is 4.00. The highest BCUT2D eigenvalue weighted by molar-refractivity contribution is 5.56. The van der Waals surface area contributed by atoms with E-state index in [-0.39, 0.29) is 17.4 Å². The molecule has 0 heterocycles. The van der Waals surface area contributed by atoms with Crippen molar-refractivity contribution in [3.63, 3.8) is 0 Å². The lowest BCUT2D eigenvalue weighted by Crippen LogP contribution is -2.15. The van der Waals surface area contributed by atoms with Gasteiger partial charge in [0.2, 0.25) is 0 Å². The normalized spacial score (nSPS) is 12.5. The number of rotatable bonds is 4. The zero-order valence-electron chi connectivity index (χ0n) is 8.98. The molecule has 0 amide bonds. The van der Waals surface area contributed by atoms with Gasteiger partial charge >= 0.3 is 0 Å². The Labute approximate surface area is 88.5 Å². The average Bonchev–Trinajstić information content (AvgIpc) is 2.14. The number of nitrogen functional groups attached to an aromatic ring is 1. The molecule has 1 rings (SSSR count). The van der Waals surface area contributed by atoms with Crippen LogP contribution in [0.25, 0.3) is 0 Å². The lowest BCUT2D eigenvalue weighted by atomic mass is 10.1. The molecular weight excluding hydrogens is 198 g/mol. The van der Waals surface area contributed by atoms with Crippen LogP contribution >= 0.6 is 0 Å². The lowest BCUT2D eigenvalue weighted by molar-refractivity contribution is 0.584. The van der Waals surface area contributed by atoms with Crippen LogP contribution in [0.1, 0.15) is 26.7 Å².